The summed E-state index contributed by atoms with van der Waals surface area (Å²) in [4.78, 5) is 10.5. The zero-order valence-electron chi connectivity index (χ0n) is 9.40. The zero-order valence-corrected chi connectivity index (χ0v) is 11.0. The van der Waals surface area contributed by atoms with Crippen LogP contribution in [0.1, 0.15) is 18.9 Å². The van der Waals surface area contributed by atoms with Crippen LogP contribution in [0.5, 0.6) is 0 Å². The zero-order chi connectivity index (χ0) is 12.8. The Morgan fingerprint density at radius 3 is 2.88 bits per heavy atom. The van der Waals surface area contributed by atoms with E-state index in [1.807, 2.05) is 13.0 Å². The Kier molecular flexibility index (Phi) is 4.98. The molecule has 90 valence electrons. The fraction of sp³-hybridized carbons (Fsp3) is 0.333. The minimum Gasteiger partial charge on any atom is -0.481 e. The molecule has 0 aliphatic heterocycles. The van der Waals surface area contributed by atoms with Gasteiger partial charge in [0.15, 0.2) is 0 Å². The van der Waals surface area contributed by atoms with Gasteiger partial charge in [0.2, 0.25) is 0 Å². The summed E-state index contributed by atoms with van der Waals surface area (Å²) in [5, 5.41) is 20.5. The summed E-state index contributed by atoms with van der Waals surface area (Å²) in [6.07, 6.45) is 0.143. The molecule has 0 bridgehead atoms. The number of halogens is 1. The van der Waals surface area contributed by atoms with Gasteiger partial charge in [0.1, 0.15) is 6.07 Å². The summed E-state index contributed by atoms with van der Waals surface area (Å²) in [5.74, 6) is -0.734. The summed E-state index contributed by atoms with van der Waals surface area (Å²) >= 11 is 3.30. The Labute approximate surface area is 108 Å². The monoisotopic (exact) mass is 296 g/mol. The van der Waals surface area contributed by atoms with Crippen molar-refractivity contribution in [2.24, 2.45) is 5.92 Å². The predicted octanol–water partition coefficient (Wildman–Crippen LogP) is 2.84. The number of aliphatic carboxylic acids is 1. The third-order valence-electron chi connectivity index (χ3n) is 2.27. The molecule has 0 aromatic heterocycles. The molecule has 1 atom stereocenters. The van der Waals surface area contributed by atoms with Gasteiger partial charge in [-0.2, -0.15) is 5.26 Å². The van der Waals surface area contributed by atoms with Crippen molar-refractivity contribution in [1.82, 2.24) is 0 Å². The lowest BCUT2D eigenvalue weighted by Crippen LogP contribution is -2.14. The number of rotatable bonds is 5. The first-order valence-corrected chi connectivity index (χ1v) is 5.97. The lowest BCUT2D eigenvalue weighted by atomic mass is 10.1. The first-order chi connectivity index (χ1) is 8.02. The Bertz CT molecular complexity index is 454. The fourth-order valence-corrected chi connectivity index (χ4v) is 1.85. The van der Waals surface area contributed by atoms with Crippen LogP contribution in [-0.4, -0.2) is 17.6 Å². The maximum Gasteiger partial charge on any atom is 0.303 e. The summed E-state index contributed by atoms with van der Waals surface area (Å²) < 4.78 is 0.732. The third-order valence-corrected chi connectivity index (χ3v) is 2.92. The van der Waals surface area contributed by atoms with E-state index >= 15 is 0 Å². The lowest BCUT2D eigenvalue weighted by molar-refractivity contribution is -0.137. The molecule has 0 aliphatic carbocycles. The Morgan fingerprint density at radius 2 is 2.35 bits per heavy atom. The van der Waals surface area contributed by atoms with E-state index in [0.717, 1.165) is 10.2 Å². The third kappa shape index (κ3) is 4.45. The van der Waals surface area contributed by atoms with Crippen LogP contribution in [0.3, 0.4) is 0 Å². The fourth-order valence-electron chi connectivity index (χ4n) is 1.38. The number of carboxylic acid groups (broad SMARTS) is 1. The highest BCUT2D eigenvalue weighted by molar-refractivity contribution is 9.10. The van der Waals surface area contributed by atoms with Crippen LogP contribution in [-0.2, 0) is 4.79 Å². The highest BCUT2D eigenvalue weighted by atomic mass is 79.9. The van der Waals surface area contributed by atoms with E-state index in [0.29, 0.717) is 12.1 Å². The smallest absolute Gasteiger partial charge is 0.303 e. The van der Waals surface area contributed by atoms with Crippen molar-refractivity contribution in [2.45, 2.75) is 13.3 Å². The summed E-state index contributed by atoms with van der Waals surface area (Å²) in [7, 11) is 0. The highest BCUT2D eigenvalue weighted by Gasteiger charge is 2.07. The maximum atomic E-state index is 10.5. The number of carbonyl (C=O) groups is 1. The van der Waals surface area contributed by atoms with E-state index in [9.17, 15) is 4.79 Å². The van der Waals surface area contributed by atoms with Crippen LogP contribution in [0.4, 0.5) is 5.69 Å². The molecule has 1 aromatic rings. The quantitative estimate of drug-likeness (QED) is 0.876. The van der Waals surface area contributed by atoms with E-state index < -0.39 is 5.97 Å². The normalized spacial score (nSPS) is 11.6. The first kappa shape index (κ1) is 13.5. The number of nitrogens with one attached hydrogen (secondary N) is 1. The number of hydrogen-bond donors (Lipinski definition) is 2. The van der Waals surface area contributed by atoms with Gasteiger partial charge in [-0.25, -0.2) is 0 Å². The molecule has 0 saturated heterocycles. The minimum atomic E-state index is -0.791. The number of benzene rings is 1. The molecule has 2 N–H and O–H groups in total. The van der Waals surface area contributed by atoms with Gasteiger partial charge in [0.05, 0.1) is 5.56 Å². The van der Waals surface area contributed by atoms with Crippen LogP contribution in [0.15, 0.2) is 22.7 Å². The first-order valence-electron chi connectivity index (χ1n) is 5.18. The van der Waals surface area contributed by atoms with Gasteiger partial charge in [0.25, 0.3) is 0 Å². The second-order valence-corrected chi connectivity index (χ2v) is 4.74. The molecule has 17 heavy (non-hydrogen) atoms. The van der Waals surface area contributed by atoms with Gasteiger partial charge in [0, 0.05) is 23.1 Å². The molecule has 4 nitrogen and oxygen atoms in total. The number of anilines is 1. The van der Waals surface area contributed by atoms with E-state index in [1.54, 1.807) is 12.1 Å². The second kappa shape index (κ2) is 6.26. The second-order valence-electron chi connectivity index (χ2n) is 3.89. The Morgan fingerprint density at radius 1 is 1.65 bits per heavy atom. The molecule has 0 fully saturated rings. The van der Waals surface area contributed by atoms with Gasteiger partial charge in [-0.15, -0.1) is 0 Å². The molecule has 0 heterocycles. The molecule has 1 unspecified atom stereocenters. The van der Waals surface area contributed by atoms with Crippen molar-refractivity contribution in [3.05, 3.63) is 28.2 Å². The minimum absolute atomic E-state index is 0.0573. The van der Waals surface area contributed by atoms with Crippen molar-refractivity contribution in [2.75, 3.05) is 11.9 Å². The average molecular weight is 297 g/mol. The van der Waals surface area contributed by atoms with E-state index in [4.69, 9.17) is 10.4 Å². The van der Waals surface area contributed by atoms with Crippen molar-refractivity contribution in [3.63, 3.8) is 0 Å². The molecule has 0 amide bonds. The van der Waals surface area contributed by atoms with Crippen LogP contribution in [0.2, 0.25) is 0 Å². The summed E-state index contributed by atoms with van der Waals surface area (Å²) in [5.41, 5.74) is 1.45. The molecule has 0 aliphatic rings. The van der Waals surface area contributed by atoms with Crippen molar-refractivity contribution < 1.29 is 9.90 Å². The Balaban J connectivity index is 2.56. The number of hydrogen-bond acceptors (Lipinski definition) is 3. The molecule has 1 rings (SSSR count). The van der Waals surface area contributed by atoms with Crippen LogP contribution in [0, 0.1) is 17.2 Å². The molecular weight excluding hydrogens is 284 g/mol. The molecule has 0 radical (unpaired) electrons. The van der Waals surface area contributed by atoms with Crippen LogP contribution < -0.4 is 5.32 Å². The van der Waals surface area contributed by atoms with E-state index in [-0.39, 0.29) is 12.3 Å². The maximum absolute atomic E-state index is 10.5. The number of nitriles is 1. The largest absolute Gasteiger partial charge is 0.481 e. The van der Waals surface area contributed by atoms with Gasteiger partial charge >= 0.3 is 5.97 Å². The van der Waals surface area contributed by atoms with Crippen LogP contribution >= 0.6 is 15.9 Å². The van der Waals surface area contributed by atoms with Gasteiger partial charge in [-0.05, 0) is 40.0 Å². The molecule has 5 heteroatoms. The summed E-state index contributed by atoms with van der Waals surface area (Å²) in [6, 6.07) is 7.39. The predicted molar refractivity (Wildman–Crippen MR) is 68.8 cm³/mol. The highest BCUT2D eigenvalue weighted by Crippen LogP contribution is 2.21. The van der Waals surface area contributed by atoms with Gasteiger partial charge in [-0.1, -0.05) is 6.92 Å². The standard InChI is InChI=1S/C12H13BrN2O2/c1-8(4-12(16)17)7-15-10-3-2-9(6-14)11(13)5-10/h2-3,5,8,15H,4,7H2,1H3,(H,16,17). The van der Waals surface area contributed by atoms with Gasteiger partial charge < -0.3 is 10.4 Å². The Hall–Kier alpha value is -1.54. The number of carboxylic acids is 1. The average Bonchev–Trinajstić information content (AvgIpc) is 2.25. The topological polar surface area (TPSA) is 73.1 Å². The molecule has 1 aromatic carbocycles. The van der Waals surface area contributed by atoms with E-state index in [1.165, 1.54) is 0 Å². The van der Waals surface area contributed by atoms with Crippen molar-refractivity contribution in [3.8, 4) is 6.07 Å². The van der Waals surface area contributed by atoms with Crippen molar-refractivity contribution in [1.29, 1.82) is 5.26 Å². The van der Waals surface area contributed by atoms with Gasteiger partial charge in [-0.3, -0.25) is 4.79 Å². The lowest BCUT2D eigenvalue weighted by Gasteiger charge is -2.11. The van der Waals surface area contributed by atoms with Crippen LogP contribution in [0.25, 0.3) is 0 Å². The molecular formula is C12H13BrN2O2. The van der Waals surface area contributed by atoms with Crippen molar-refractivity contribution >= 4 is 27.6 Å². The SMILES string of the molecule is CC(CNc1ccc(C#N)c(Br)c1)CC(=O)O. The summed E-state index contributed by atoms with van der Waals surface area (Å²) in [6.45, 7) is 2.46. The molecule has 0 spiro atoms. The van der Waals surface area contributed by atoms with E-state index in [2.05, 4.69) is 27.3 Å². The molecule has 0 saturated carbocycles. The number of nitrogens with zero attached hydrogens (tertiary/aromatic N) is 1.